The van der Waals surface area contributed by atoms with E-state index in [0.29, 0.717) is 5.69 Å². The minimum atomic E-state index is -0.0758. The van der Waals surface area contributed by atoms with Gasteiger partial charge in [-0.05, 0) is 30.5 Å². The lowest BCUT2D eigenvalue weighted by molar-refractivity contribution is 0.0904. The standard InChI is InChI=1S/C16H21N5O/c1-20-11-15(18-12-20)16(22)19-14-4-8-21(9-5-14)10-13-2-6-17-7-3-13/h2-3,6-7,11-12,14H,4-5,8-10H2,1H3,(H,19,22). The second-order valence-electron chi connectivity index (χ2n) is 5.80. The second-order valence-corrected chi connectivity index (χ2v) is 5.80. The van der Waals surface area contributed by atoms with E-state index in [2.05, 4.69) is 32.3 Å². The van der Waals surface area contributed by atoms with Crippen LogP contribution in [-0.4, -0.2) is 44.5 Å². The second kappa shape index (κ2) is 6.70. The molecule has 0 saturated carbocycles. The molecule has 1 saturated heterocycles. The number of aromatic nitrogens is 3. The van der Waals surface area contributed by atoms with Crippen LogP contribution >= 0.6 is 0 Å². The third-order valence-electron chi connectivity index (χ3n) is 4.02. The van der Waals surface area contributed by atoms with E-state index in [4.69, 9.17) is 0 Å². The van der Waals surface area contributed by atoms with Crippen molar-refractivity contribution in [2.24, 2.45) is 7.05 Å². The fourth-order valence-electron chi connectivity index (χ4n) is 2.77. The molecule has 6 nitrogen and oxygen atoms in total. The van der Waals surface area contributed by atoms with E-state index in [1.807, 2.05) is 19.4 Å². The molecule has 1 N–H and O–H groups in total. The van der Waals surface area contributed by atoms with Crippen LogP contribution in [0.5, 0.6) is 0 Å². The molecule has 1 aliphatic rings. The number of imidazole rings is 1. The Balaban J connectivity index is 1.46. The Labute approximate surface area is 130 Å². The Morgan fingerprint density at radius 2 is 2.05 bits per heavy atom. The molecule has 0 aliphatic carbocycles. The van der Waals surface area contributed by atoms with Crippen molar-refractivity contribution in [3.05, 3.63) is 48.3 Å². The van der Waals surface area contributed by atoms with Crippen LogP contribution in [0.25, 0.3) is 0 Å². The van der Waals surface area contributed by atoms with Crippen LogP contribution in [0, 0.1) is 0 Å². The number of hydrogen-bond acceptors (Lipinski definition) is 4. The highest BCUT2D eigenvalue weighted by atomic mass is 16.2. The summed E-state index contributed by atoms with van der Waals surface area (Å²) in [5, 5.41) is 3.08. The molecule has 3 heterocycles. The number of amides is 1. The Bertz CT molecular complexity index is 616. The molecular weight excluding hydrogens is 278 g/mol. The number of aryl methyl sites for hydroxylation is 1. The zero-order valence-electron chi connectivity index (χ0n) is 12.8. The van der Waals surface area contributed by atoms with Crippen LogP contribution < -0.4 is 5.32 Å². The molecule has 0 aromatic carbocycles. The SMILES string of the molecule is Cn1cnc(C(=O)NC2CCN(Cc3ccncc3)CC2)c1. The van der Waals surface area contributed by atoms with E-state index in [9.17, 15) is 4.79 Å². The molecular formula is C16H21N5O. The van der Waals surface area contributed by atoms with Crippen LogP contribution in [0.2, 0.25) is 0 Å². The third kappa shape index (κ3) is 3.71. The molecule has 116 valence electrons. The minimum Gasteiger partial charge on any atom is -0.348 e. The largest absolute Gasteiger partial charge is 0.348 e. The fraction of sp³-hybridized carbons (Fsp3) is 0.438. The minimum absolute atomic E-state index is 0.0758. The summed E-state index contributed by atoms with van der Waals surface area (Å²) >= 11 is 0. The van der Waals surface area contributed by atoms with Crippen molar-refractivity contribution in [3.8, 4) is 0 Å². The van der Waals surface area contributed by atoms with Gasteiger partial charge in [0.1, 0.15) is 5.69 Å². The average Bonchev–Trinajstić information content (AvgIpc) is 2.97. The highest BCUT2D eigenvalue weighted by Gasteiger charge is 2.21. The van der Waals surface area contributed by atoms with Crippen molar-refractivity contribution >= 4 is 5.91 Å². The lowest BCUT2D eigenvalue weighted by Gasteiger charge is -2.32. The molecule has 1 amide bonds. The monoisotopic (exact) mass is 299 g/mol. The molecule has 6 heteroatoms. The molecule has 0 atom stereocenters. The zero-order chi connectivity index (χ0) is 15.4. The van der Waals surface area contributed by atoms with Crippen LogP contribution in [0.15, 0.2) is 37.1 Å². The van der Waals surface area contributed by atoms with Gasteiger partial charge in [0.05, 0.1) is 6.33 Å². The Kier molecular flexibility index (Phi) is 4.48. The predicted molar refractivity (Wildman–Crippen MR) is 83.2 cm³/mol. The third-order valence-corrected chi connectivity index (χ3v) is 4.02. The maximum absolute atomic E-state index is 12.1. The Morgan fingerprint density at radius 1 is 1.32 bits per heavy atom. The summed E-state index contributed by atoms with van der Waals surface area (Å²) in [5.41, 5.74) is 1.77. The summed E-state index contributed by atoms with van der Waals surface area (Å²) in [4.78, 5) is 22.6. The molecule has 22 heavy (non-hydrogen) atoms. The van der Waals surface area contributed by atoms with E-state index in [1.54, 1.807) is 17.1 Å². The molecule has 0 spiro atoms. The van der Waals surface area contributed by atoms with Gasteiger partial charge in [0.15, 0.2) is 0 Å². The van der Waals surface area contributed by atoms with Crippen molar-refractivity contribution in [3.63, 3.8) is 0 Å². The number of nitrogens with zero attached hydrogens (tertiary/aromatic N) is 4. The number of carbonyl (C=O) groups is 1. The van der Waals surface area contributed by atoms with Crippen LogP contribution in [0.4, 0.5) is 0 Å². The quantitative estimate of drug-likeness (QED) is 0.922. The van der Waals surface area contributed by atoms with Gasteiger partial charge in [0.2, 0.25) is 0 Å². The van der Waals surface area contributed by atoms with Crippen molar-refractivity contribution < 1.29 is 4.79 Å². The van der Waals surface area contributed by atoms with Gasteiger partial charge < -0.3 is 9.88 Å². The van der Waals surface area contributed by atoms with E-state index in [0.717, 1.165) is 32.5 Å². The molecule has 0 radical (unpaired) electrons. The van der Waals surface area contributed by atoms with Gasteiger partial charge in [0.25, 0.3) is 5.91 Å². The predicted octanol–water partition coefficient (Wildman–Crippen LogP) is 1.21. The van der Waals surface area contributed by atoms with E-state index in [1.165, 1.54) is 5.56 Å². The van der Waals surface area contributed by atoms with Gasteiger partial charge in [-0.15, -0.1) is 0 Å². The maximum atomic E-state index is 12.1. The van der Waals surface area contributed by atoms with Crippen LogP contribution in [0.3, 0.4) is 0 Å². The first-order valence-corrected chi connectivity index (χ1v) is 7.61. The van der Waals surface area contributed by atoms with Crippen molar-refractivity contribution in [2.75, 3.05) is 13.1 Å². The number of carbonyl (C=O) groups excluding carboxylic acids is 1. The summed E-state index contributed by atoms with van der Waals surface area (Å²) in [7, 11) is 1.86. The number of nitrogens with one attached hydrogen (secondary N) is 1. The van der Waals surface area contributed by atoms with Gasteiger partial charge in [-0.3, -0.25) is 14.7 Å². The first-order valence-electron chi connectivity index (χ1n) is 7.61. The lowest BCUT2D eigenvalue weighted by Crippen LogP contribution is -2.44. The number of hydrogen-bond donors (Lipinski definition) is 1. The van der Waals surface area contributed by atoms with Gasteiger partial charge in [-0.1, -0.05) is 0 Å². The highest BCUT2D eigenvalue weighted by Crippen LogP contribution is 2.14. The smallest absolute Gasteiger partial charge is 0.271 e. The summed E-state index contributed by atoms with van der Waals surface area (Å²) < 4.78 is 1.78. The summed E-state index contributed by atoms with van der Waals surface area (Å²) in [6, 6.07) is 4.34. The number of piperidine rings is 1. The average molecular weight is 299 g/mol. The summed E-state index contributed by atoms with van der Waals surface area (Å²) in [6.45, 7) is 2.94. The van der Waals surface area contributed by atoms with Gasteiger partial charge in [-0.25, -0.2) is 4.98 Å². The number of pyridine rings is 1. The van der Waals surface area contributed by atoms with Crippen molar-refractivity contribution in [2.45, 2.75) is 25.4 Å². The van der Waals surface area contributed by atoms with Crippen molar-refractivity contribution in [1.29, 1.82) is 0 Å². The molecule has 0 bridgehead atoms. The Morgan fingerprint density at radius 3 is 2.68 bits per heavy atom. The normalized spacial score (nSPS) is 16.6. The molecule has 1 fully saturated rings. The van der Waals surface area contributed by atoms with Gasteiger partial charge in [-0.2, -0.15) is 0 Å². The first kappa shape index (κ1) is 14.7. The highest BCUT2D eigenvalue weighted by molar-refractivity contribution is 5.92. The zero-order valence-corrected chi connectivity index (χ0v) is 12.8. The van der Waals surface area contributed by atoms with Crippen molar-refractivity contribution in [1.82, 2.24) is 24.8 Å². The molecule has 0 unspecified atom stereocenters. The molecule has 1 aliphatic heterocycles. The van der Waals surface area contributed by atoms with E-state index in [-0.39, 0.29) is 11.9 Å². The maximum Gasteiger partial charge on any atom is 0.271 e. The van der Waals surface area contributed by atoms with Gasteiger partial charge in [0, 0.05) is 51.3 Å². The van der Waals surface area contributed by atoms with Crippen LogP contribution in [-0.2, 0) is 13.6 Å². The van der Waals surface area contributed by atoms with E-state index >= 15 is 0 Å². The Hall–Kier alpha value is -2.21. The lowest BCUT2D eigenvalue weighted by atomic mass is 10.0. The van der Waals surface area contributed by atoms with E-state index < -0.39 is 0 Å². The number of likely N-dealkylation sites (tertiary alicyclic amines) is 1. The summed E-state index contributed by atoms with van der Waals surface area (Å²) in [5.74, 6) is -0.0758. The number of rotatable bonds is 4. The fourth-order valence-corrected chi connectivity index (χ4v) is 2.77. The van der Waals surface area contributed by atoms with Gasteiger partial charge >= 0.3 is 0 Å². The molecule has 2 aromatic heterocycles. The summed E-state index contributed by atoms with van der Waals surface area (Å²) in [6.07, 6.45) is 9.00. The first-order chi connectivity index (χ1) is 10.7. The topological polar surface area (TPSA) is 63.1 Å². The molecule has 3 rings (SSSR count). The molecule has 2 aromatic rings. The van der Waals surface area contributed by atoms with Crippen LogP contribution in [0.1, 0.15) is 28.9 Å².